The van der Waals surface area contributed by atoms with Gasteiger partial charge in [0.1, 0.15) is 11.6 Å². The Bertz CT molecular complexity index is 1730. The van der Waals surface area contributed by atoms with Crippen LogP contribution in [0.25, 0.3) is 32.8 Å². The molecule has 3 heterocycles. The number of terminal acetylenes is 1. The lowest BCUT2D eigenvalue weighted by Gasteiger charge is -2.28. The maximum absolute atomic E-state index is 15.2. The number of nitrogens with zero attached hydrogens (tertiary/aromatic N) is 2. The number of imidazole rings is 1. The first-order chi connectivity index (χ1) is 20.3. The third-order valence-corrected chi connectivity index (χ3v) is 8.66. The van der Waals surface area contributed by atoms with E-state index in [0.717, 1.165) is 61.8 Å². The number of H-pyrrole nitrogens is 1. The zero-order valence-corrected chi connectivity index (χ0v) is 25.0. The minimum absolute atomic E-state index is 0.374. The fourth-order valence-electron chi connectivity index (χ4n) is 4.82. The van der Waals surface area contributed by atoms with Gasteiger partial charge < -0.3 is 16.0 Å². The van der Waals surface area contributed by atoms with E-state index in [-0.39, 0.29) is 5.82 Å². The number of pyridine rings is 1. The van der Waals surface area contributed by atoms with E-state index >= 15 is 4.39 Å². The standard InChI is InChI=1S/C33H34FN5S.C2H2/c1-6-21(15-24(7-2)37-20(5)22-9-8-10-22)26-16-23(28(35)18-27(26)34)17-31-38-32-25(13-14-36-33(32)39-31)30-12-11-29(40-30)19(3)4;1-2/h6-7,11-16,18,22,37H,2-3,5,8-10,17,35H2,1,4H3,(H,36,38,39);1-2H/b21-6+,24-15+;. The molecular formula is C35H36FN5S. The lowest BCUT2D eigenvalue weighted by Crippen LogP contribution is -2.23. The van der Waals surface area contributed by atoms with E-state index in [9.17, 15) is 0 Å². The number of nitrogens with one attached hydrogen (secondary N) is 2. The van der Waals surface area contributed by atoms with Crippen molar-refractivity contribution in [3.05, 3.63) is 114 Å². The minimum Gasteiger partial charge on any atom is -0.398 e. The van der Waals surface area contributed by atoms with Crippen molar-refractivity contribution in [3.8, 4) is 23.3 Å². The van der Waals surface area contributed by atoms with Crippen LogP contribution in [-0.2, 0) is 6.42 Å². The van der Waals surface area contributed by atoms with Crippen molar-refractivity contribution in [1.82, 2.24) is 20.3 Å². The number of nitrogens with two attached hydrogens (primary N) is 1. The first-order valence-corrected chi connectivity index (χ1v) is 14.6. The molecule has 1 aromatic carbocycles. The van der Waals surface area contributed by atoms with Gasteiger partial charge in [0.15, 0.2) is 5.65 Å². The second-order valence-electron chi connectivity index (χ2n) is 10.2. The fourth-order valence-corrected chi connectivity index (χ4v) is 5.79. The van der Waals surface area contributed by atoms with E-state index in [1.807, 2.05) is 32.1 Å². The number of anilines is 1. The van der Waals surface area contributed by atoms with Crippen LogP contribution in [0.1, 0.15) is 54.9 Å². The molecule has 3 aromatic heterocycles. The fraction of sp³-hybridized carbons (Fsp3) is 0.200. The number of aromatic amines is 1. The predicted octanol–water partition coefficient (Wildman–Crippen LogP) is 8.66. The molecule has 5 rings (SSSR count). The van der Waals surface area contributed by atoms with Crippen molar-refractivity contribution in [3.63, 3.8) is 0 Å². The van der Waals surface area contributed by atoms with Crippen LogP contribution in [0.5, 0.6) is 0 Å². The van der Waals surface area contributed by atoms with Gasteiger partial charge >= 0.3 is 0 Å². The van der Waals surface area contributed by atoms with Gasteiger partial charge in [-0.3, -0.25) is 0 Å². The Morgan fingerprint density at radius 2 is 2.00 bits per heavy atom. The molecule has 0 radical (unpaired) electrons. The second kappa shape index (κ2) is 13.3. The van der Waals surface area contributed by atoms with Crippen molar-refractivity contribution in [2.45, 2.75) is 39.5 Å². The Morgan fingerprint density at radius 3 is 2.62 bits per heavy atom. The number of thiophene rings is 1. The van der Waals surface area contributed by atoms with Gasteiger partial charge in [-0.25, -0.2) is 14.4 Å². The Labute approximate surface area is 251 Å². The molecule has 1 aliphatic carbocycles. The smallest absolute Gasteiger partial charge is 0.178 e. The number of allylic oxidation sites excluding steroid dienone is 6. The summed E-state index contributed by atoms with van der Waals surface area (Å²) in [6.45, 7) is 16.1. The Hall–Kier alpha value is -4.67. The summed E-state index contributed by atoms with van der Waals surface area (Å²) in [5.41, 5.74) is 13.9. The van der Waals surface area contributed by atoms with Gasteiger partial charge in [0.2, 0.25) is 0 Å². The number of halogens is 1. The summed E-state index contributed by atoms with van der Waals surface area (Å²) in [4.78, 5) is 14.9. The maximum Gasteiger partial charge on any atom is 0.178 e. The van der Waals surface area contributed by atoms with Gasteiger partial charge in [-0.1, -0.05) is 32.2 Å². The van der Waals surface area contributed by atoms with Crippen molar-refractivity contribution < 1.29 is 4.39 Å². The van der Waals surface area contributed by atoms with E-state index in [0.29, 0.717) is 35.1 Å². The highest BCUT2D eigenvalue weighted by Gasteiger charge is 2.21. The molecule has 42 heavy (non-hydrogen) atoms. The van der Waals surface area contributed by atoms with Gasteiger partial charge in [-0.05, 0) is 91.8 Å². The SMILES string of the molecule is C#C.C=C/C(=C\C(=C/C)c1cc(Cc2nc3nccc(-c4ccc(C(=C)C)s4)c3[nH]2)c(N)cc1F)NC(=C)C1CCC1. The molecule has 1 fully saturated rings. The van der Waals surface area contributed by atoms with Gasteiger partial charge in [-0.2, -0.15) is 0 Å². The van der Waals surface area contributed by atoms with E-state index in [4.69, 9.17) is 10.7 Å². The van der Waals surface area contributed by atoms with Crippen LogP contribution in [0, 0.1) is 24.6 Å². The highest BCUT2D eigenvalue weighted by Crippen LogP contribution is 2.35. The van der Waals surface area contributed by atoms with Crippen molar-refractivity contribution >= 4 is 39.3 Å². The molecule has 7 heteroatoms. The number of nitrogen functional groups attached to an aromatic ring is 1. The van der Waals surface area contributed by atoms with Crippen molar-refractivity contribution in [2.75, 3.05) is 5.73 Å². The monoisotopic (exact) mass is 577 g/mol. The van der Waals surface area contributed by atoms with E-state index in [2.05, 4.69) is 60.0 Å². The van der Waals surface area contributed by atoms with Gasteiger partial charge in [-0.15, -0.1) is 24.2 Å². The minimum atomic E-state index is -0.383. The van der Waals surface area contributed by atoms with E-state index < -0.39 is 0 Å². The average molecular weight is 578 g/mol. The summed E-state index contributed by atoms with van der Waals surface area (Å²) in [6, 6.07) is 9.34. The number of benzene rings is 1. The van der Waals surface area contributed by atoms with Crippen LogP contribution in [0.15, 0.2) is 85.9 Å². The Kier molecular flexibility index (Phi) is 9.61. The summed E-state index contributed by atoms with van der Waals surface area (Å²) in [5, 5.41) is 3.36. The first-order valence-electron chi connectivity index (χ1n) is 13.7. The number of aromatic nitrogens is 3. The number of hydrogen-bond donors (Lipinski definition) is 3. The summed E-state index contributed by atoms with van der Waals surface area (Å²) < 4.78 is 15.2. The third kappa shape index (κ3) is 6.45. The summed E-state index contributed by atoms with van der Waals surface area (Å²) in [6.07, 6.45) is 19.2. The molecule has 0 spiro atoms. The Balaban J connectivity index is 0.00000198. The molecule has 5 nitrogen and oxygen atoms in total. The molecular weight excluding hydrogens is 541 g/mol. The number of rotatable bonds is 10. The molecule has 0 bridgehead atoms. The lowest BCUT2D eigenvalue weighted by atomic mass is 9.83. The molecule has 4 N–H and O–H groups in total. The topological polar surface area (TPSA) is 79.6 Å². The average Bonchev–Trinajstić information content (AvgIpc) is 3.60. The van der Waals surface area contributed by atoms with Crippen LogP contribution in [0.2, 0.25) is 0 Å². The number of fused-ring (bicyclic) bond motifs is 1. The van der Waals surface area contributed by atoms with Crippen LogP contribution in [0.3, 0.4) is 0 Å². The van der Waals surface area contributed by atoms with E-state index in [1.165, 1.54) is 12.5 Å². The van der Waals surface area contributed by atoms with E-state index in [1.54, 1.807) is 29.7 Å². The van der Waals surface area contributed by atoms with Gasteiger partial charge in [0.05, 0.1) is 5.52 Å². The molecule has 0 saturated heterocycles. The molecule has 1 aliphatic rings. The quantitative estimate of drug-likeness (QED) is 0.100. The molecule has 0 aliphatic heterocycles. The highest BCUT2D eigenvalue weighted by molar-refractivity contribution is 7.16. The van der Waals surface area contributed by atoms with Crippen LogP contribution >= 0.6 is 11.3 Å². The largest absolute Gasteiger partial charge is 0.398 e. The predicted molar refractivity (Wildman–Crippen MR) is 177 cm³/mol. The maximum atomic E-state index is 15.2. The molecule has 0 atom stereocenters. The second-order valence-corrected chi connectivity index (χ2v) is 11.3. The third-order valence-electron chi connectivity index (χ3n) is 7.38. The number of hydrogen-bond acceptors (Lipinski definition) is 5. The molecule has 0 amide bonds. The molecule has 1 saturated carbocycles. The summed E-state index contributed by atoms with van der Waals surface area (Å²) in [7, 11) is 0. The van der Waals surface area contributed by atoms with Gasteiger partial charge in [0, 0.05) is 50.6 Å². The van der Waals surface area contributed by atoms with Crippen LogP contribution < -0.4 is 11.1 Å². The highest BCUT2D eigenvalue weighted by atomic mass is 32.1. The molecule has 214 valence electrons. The molecule has 4 aromatic rings. The normalized spacial score (nSPS) is 13.6. The van der Waals surface area contributed by atoms with Crippen LogP contribution in [-0.4, -0.2) is 15.0 Å². The Morgan fingerprint density at radius 1 is 1.24 bits per heavy atom. The molecule has 0 unspecified atom stereocenters. The zero-order valence-electron chi connectivity index (χ0n) is 24.1. The van der Waals surface area contributed by atoms with Gasteiger partial charge in [0.25, 0.3) is 0 Å². The van der Waals surface area contributed by atoms with Crippen LogP contribution in [0.4, 0.5) is 10.1 Å². The first kappa shape index (κ1) is 30.3. The zero-order chi connectivity index (χ0) is 30.4. The van der Waals surface area contributed by atoms with Crippen molar-refractivity contribution in [2.24, 2.45) is 5.92 Å². The summed E-state index contributed by atoms with van der Waals surface area (Å²) in [5.74, 6) is 0.800. The summed E-state index contributed by atoms with van der Waals surface area (Å²) >= 11 is 1.68. The van der Waals surface area contributed by atoms with Crippen molar-refractivity contribution in [1.29, 1.82) is 0 Å². The lowest BCUT2D eigenvalue weighted by molar-refractivity contribution is 0.356.